The van der Waals surface area contributed by atoms with Crippen molar-refractivity contribution in [2.45, 2.75) is 32.2 Å². The largest absolute Gasteiger partial charge is 0.301 e. The van der Waals surface area contributed by atoms with Crippen LogP contribution in [0.15, 0.2) is 43.0 Å². The highest BCUT2D eigenvalue weighted by atomic mass is 15.3. The third kappa shape index (κ3) is 3.50. The normalized spacial score (nSPS) is 23.3. The van der Waals surface area contributed by atoms with Crippen LogP contribution in [0.2, 0.25) is 0 Å². The van der Waals surface area contributed by atoms with Crippen LogP contribution in [0, 0.1) is 5.92 Å². The molecule has 1 aromatic heterocycles. The molecule has 2 atom stereocenters. The molecule has 4 nitrogen and oxygen atoms in total. The molecule has 1 fully saturated rings. The first kappa shape index (κ1) is 14.3. The van der Waals surface area contributed by atoms with Gasteiger partial charge in [-0.15, -0.1) is 0 Å². The second kappa shape index (κ2) is 6.85. The lowest BCUT2D eigenvalue weighted by Crippen LogP contribution is -2.40. The van der Waals surface area contributed by atoms with Crippen molar-refractivity contribution >= 4 is 0 Å². The van der Waals surface area contributed by atoms with Crippen molar-refractivity contribution < 1.29 is 0 Å². The minimum Gasteiger partial charge on any atom is -0.301 e. The molecular formula is C17H24N4. The minimum absolute atomic E-state index is 0.721. The molecule has 1 aromatic carbocycles. The smallest absolute Gasteiger partial charge is 0.137 e. The lowest BCUT2D eigenvalue weighted by atomic mass is 9.79. The van der Waals surface area contributed by atoms with Gasteiger partial charge in [-0.05, 0) is 30.4 Å². The summed E-state index contributed by atoms with van der Waals surface area (Å²) in [6.07, 6.45) is 5.92. The van der Waals surface area contributed by atoms with E-state index in [2.05, 4.69) is 52.2 Å². The number of hydrogen-bond donors (Lipinski definition) is 0. The second-order valence-electron chi connectivity index (χ2n) is 5.93. The molecule has 4 heteroatoms. The lowest BCUT2D eigenvalue weighted by Gasteiger charge is -2.38. The van der Waals surface area contributed by atoms with Crippen molar-refractivity contribution in [1.82, 2.24) is 19.7 Å². The fraction of sp³-hybridized carbons (Fsp3) is 0.529. The number of rotatable bonds is 5. The van der Waals surface area contributed by atoms with Gasteiger partial charge in [-0.2, -0.15) is 5.10 Å². The molecule has 2 aromatic rings. The number of benzene rings is 1. The van der Waals surface area contributed by atoms with Crippen molar-refractivity contribution in [2.24, 2.45) is 5.92 Å². The van der Waals surface area contributed by atoms with E-state index in [1.165, 1.54) is 31.5 Å². The van der Waals surface area contributed by atoms with Crippen LogP contribution in [0.4, 0.5) is 0 Å². The van der Waals surface area contributed by atoms with E-state index in [0.717, 1.165) is 24.9 Å². The molecule has 1 aliphatic heterocycles. The van der Waals surface area contributed by atoms with Gasteiger partial charge in [0.1, 0.15) is 12.7 Å². The second-order valence-corrected chi connectivity index (χ2v) is 5.93. The Hall–Kier alpha value is -1.68. The van der Waals surface area contributed by atoms with E-state index >= 15 is 0 Å². The maximum absolute atomic E-state index is 4.18. The van der Waals surface area contributed by atoms with E-state index in [0.29, 0.717) is 0 Å². The lowest BCUT2D eigenvalue weighted by molar-refractivity contribution is 0.144. The topological polar surface area (TPSA) is 34.0 Å². The first-order valence-electron chi connectivity index (χ1n) is 7.96. The van der Waals surface area contributed by atoms with Gasteiger partial charge < -0.3 is 4.90 Å². The Morgan fingerprint density at radius 2 is 2.05 bits per heavy atom. The molecule has 0 aliphatic carbocycles. The highest BCUT2D eigenvalue weighted by molar-refractivity contribution is 5.21. The summed E-state index contributed by atoms with van der Waals surface area (Å²) in [5, 5.41) is 4.18. The van der Waals surface area contributed by atoms with Gasteiger partial charge in [-0.3, -0.25) is 4.68 Å². The number of piperidine rings is 1. The van der Waals surface area contributed by atoms with E-state index in [9.17, 15) is 0 Å². The number of nitrogens with zero attached hydrogens (tertiary/aromatic N) is 4. The molecule has 0 N–H and O–H groups in total. The van der Waals surface area contributed by atoms with E-state index in [-0.39, 0.29) is 0 Å². The van der Waals surface area contributed by atoms with Crippen molar-refractivity contribution in [3.05, 3.63) is 48.5 Å². The predicted octanol–water partition coefficient (Wildman–Crippen LogP) is 2.79. The van der Waals surface area contributed by atoms with Crippen LogP contribution < -0.4 is 0 Å². The Bertz CT molecular complexity index is 523. The summed E-state index contributed by atoms with van der Waals surface area (Å²) in [5.41, 5.74) is 1.51. The average molecular weight is 284 g/mol. The van der Waals surface area contributed by atoms with Crippen LogP contribution in [-0.4, -0.2) is 39.3 Å². The van der Waals surface area contributed by atoms with Crippen LogP contribution in [0.5, 0.6) is 0 Å². The molecule has 0 bridgehead atoms. The zero-order chi connectivity index (χ0) is 14.5. The maximum atomic E-state index is 4.18. The third-order valence-electron chi connectivity index (χ3n) is 4.68. The molecule has 3 rings (SSSR count). The van der Waals surface area contributed by atoms with Crippen molar-refractivity contribution in [1.29, 1.82) is 0 Å². The summed E-state index contributed by atoms with van der Waals surface area (Å²) in [5.74, 6) is 1.48. The summed E-state index contributed by atoms with van der Waals surface area (Å²) < 4.78 is 1.92. The van der Waals surface area contributed by atoms with Crippen LogP contribution >= 0.6 is 0 Å². The summed E-state index contributed by atoms with van der Waals surface area (Å²) in [4.78, 5) is 6.58. The third-order valence-corrected chi connectivity index (χ3v) is 4.68. The Balaban J connectivity index is 1.58. The highest BCUT2D eigenvalue weighted by Crippen LogP contribution is 2.34. The molecular weight excluding hydrogens is 260 g/mol. The predicted molar refractivity (Wildman–Crippen MR) is 84.0 cm³/mol. The molecule has 2 unspecified atom stereocenters. The van der Waals surface area contributed by atoms with Gasteiger partial charge in [0.25, 0.3) is 0 Å². The van der Waals surface area contributed by atoms with Gasteiger partial charge in [0.2, 0.25) is 0 Å². The SMILES string of the molecule is CCC1CN(CCn2cncn2)CCC1c1ccccc1. The summed E-state index contributed by atoms with van der Waals surface area (Å²) in [7, 11) is 0. The van der Waals surface area contributed by atoms with Gasteiger partial charge in [-0.25, -0.2) is 4.98 Å². The Morgan fingerprint density at radius 1 is 1.19 bits per heavy atom. The van der Waals surface area contributed by atoms with Crippen molar-refractivity contribution in [2.75, 3.05) is 19.6 Å². The fourth-order valence-electron chi connectivity index (χ4n) is 3.46. The van der Waals surface area contributed by atoms with Gasteiger partial charge in [0.15, 0.2) is 0 Å². The van der Waals surface area contributed by atoms with Crippen molar-refractivity contribution in [3.8, 4) is 0 Å². The fourth-order valence-corrected chi connectivity index (χ4v) is 3.46. The number of hydrogen-bond acceptors (Lipinski definition) is 3. The van der Waals surface area contributed by atoms with E-state index in [1.54, 1.807) is 12.7 Å². The van der Waals surface area contributed by atoms with E-state index in [1.807, 2.05) is 4.68 Å². The zero-order valence-electron chi connectivity index (χ0n) is 12.7. The Kier molecular flexibility index (Phi) is 4.65. The monoisotopic (exact) mass is 284 g/mol. The average Bonchev–Trinajstić information content (AvgIpc) is 3.07. The van der Waals surface area contributed by atoms with Crippen LogP contribution in [0.3, 0.4) is 0 Å². The number of aromatic nitrogens is 3. The van der Waals surface area contributed by atoms with Crippen LogP contribution in [0.25, 0.3) is 0 Å². The van der Waals surface area contributed by atoms with Gasteiger partial charge in [-0.1, -0.05) is 43.7 Å². The summed E-state index contributed by atoms with van der Waals surface area (Å²) >= 11 is 0. The molecule has 2 heterocycles. The Morgan fingerprint density at radius 3 is 2.76 bits per heavy atom. The molecule has 0 radical (unpaired) electrons. The van der Waals surface area contributed by atoms with Crippen LogP contribution in [-0.2, 0) is 6.54 Å². The maximum Gasteiger partial charge on any atom is 0.137 e. The highest BCUT2D eigenvalue weighted by Gasteiger charge is 2.28. The van der Waals surface area contributed by atoms with Gasteiger partial charge in [0.05, 0.1) is 6.54 Å². The number of likely N-dealkylation sites (tertiary alicyclic amines) is 1. The van der Waals surface area contributed by atoms with Gasteiger partial charge in [0, 0.05) is 13.1 Å². The first-order valence-corrected chi connectivity index (χ1v) is 7.96. The van der Waals surface area contributed by atoms with E-state index in [4.69, 9.17) is 0 Å². The minimum atomic E-state index is 0.721. The molecule has 0 spiro atoms. The quantitative estimate of drug-likeness (QED) is 0.846. The molecule has 1 saturated heterocycles. The van der Waals surface area contributed by atoms with E-state index < -0.39 is 0 Å². The van der Waals surface area contributed by atoms with Crippen LogP contribution in [0.1, 0.15) is 31.2 Å². The molecule has 21 heavy (non-hydrogen) atoms. The molecule has 1 aliphatic rings. The van der Waals surface area contributed by atoms with Gasteiger partial charge >= 0.3 is 0 Å². The standard InChI is InChI=1S/C17H24N4/c1-2-15-12-20(10-11-21-14-18-13-19-21)9-8-17(15)16-6-4-3-5-7-16/h3-7,13-15,17H,2,8-12H2,1H3. The van der Waals surface area contributed by atoms with Crippen molar-refractivity contribution in [3.63, 3.8) is 0 Å². The summed E-state index contributed by atoms with van der Waals surface area (Å²) in [6.45, 7) is 6.71. The zero-order valence-corrected chi connectivity index (χ0v) is 12.7. The first-order chi connectivity index (χ1) is 10.4. The summed E-state index contributed by atoms with van der Waals surface area (Å²) in [6, 6.07) is 11.0. The molecule has 112 valence electrons. The molecule has 0 amide bonds. The molecule has 0 saturated carbocycles. The Labute approximate surface area is 126 Å².